The predicted octanol–water partition coefficient (Wildman–Crippen LogP) is 1.97. The van der Waals surface area contributed by atoms with Crippen molar-refractivity contribution < 1.29 is 9.90 Å². The molecule has 86 valence electrons. The molecule has 0 spiro atoms. The average molecular weight is 211 g/mol. The zero-order chi connectivity index (χ0) is 10.7. The number of likely N-dealkylation sites (tertiary alicyclic amines) is 1. The van der Waals surface area contributed by atoms with Crippen LogP contribution in [0.5, 0.6) is 0 Å². The van der Waals surface area contributed by atoms with Crippen LogP contribution in [0.15, 0.2) is 0 Å². The summed E-state index contributed by atoms with van der Waals surface area (Å²) >= 11 is 0. The van der Waals surface area contributed by atoms with Gasteiger partial charge in [0.2, 0.25) is 0 Å². The molecule has 2 aliphatic rings. The van der Waals surface area contributed by atoms with Crippen molar-refractivity contribution in [3.8, 4) is 0 Å². The number of carboxylic acids is 1. The number of piperidine rings is 1. The van der Waals surface area contributed by atoms with Gasteiger partial charge in [0.1, 0.15) is 0 Å². The van der Waals surface area contributed by atoms with Gasteiger partial charge in [-0.1, -0.05) is 0 Å². The predicted molar refractivity (Wildman–Crippen MR) is 58.8 cm³/mol. The van der Waals surface area contributed by atoms with Crippen LogP contribution in [0.3, 0.4) is 0 Å². The van der Waals surface area contributed by atoms with Crippen LogP contribution >= 0.6 is 0 Å². The maximum atomic E-state index is 10.4. The van der Waals surface area contributed by atoms with Crippen molar-refractivity contribution in [2.24, 2.45) is 11.8 Å². The Bertz CT molecular complexity index is 218. The minimum Gasteiger partial charge on any atom is -0.481 e. The normalized spacial score (nSPS) is 24.3. The van der Waals surface area contributed by atoms with E-state index in [-0.39, 0.29) is 0 Å². The summed E-state index contributed by atoms with van der Waals surface area (Å²) in [4.78, 5) is 13.0. The molecule has 1 saturated heterocycles. The number of carbonyl (C=O) groups is 1. The van der Waals surface area contributed by atoms with Gasteiger partial charge in [0, 0.05) is 13.0 Å². The maximum Gasteiger partial charge on any atom is 0.303 e. The fraction of sp³-hybridized carbons (Fsp3) is 0.917. The maximum absolute atomic E-state index is 10.4. The van der Waals surface area contributed by atoms with Gasteiger partial charge < -0.3 is 10.0 Å². The summed E-state index contributed by atoms with van der Waals surface area (Å²) < 4.78 is 0. The molecule has 2 fully saturated rings. The van der Waals surface area contributed by atoms with Crippen LogP contribution in [0.4, 0.5) is 0 Å². The highest BCUT2D eigenvalue weighted by Crippen LogP contribution is 2.31. The number of aliphatic carboxylic acids is 1. The van der Waals surface area contributed by atoms with Crippen LogP contribution in [0.1, 0.15) is 38.5 Å². The number of rotatable bonds is 5. The zero-order valence-electron chi connectivity index (χ0n) is 9.32. The molecule has 0 radical (unpaired) electrons. The van der Waals surface area contributed by atoms with Crippen LogP contribution in [0.2, 0.25) is 0 Å². The van der Waals surface area contributed by atoms with Crippen LogP contribution in [0, 0.1) is 11.8 Å². The summed E-state index contributed by atoms with van der Waals surface area (Å²) in [7, 11) is 0. The molecule has 1 aliphatic carbocycles. The molecule has 0 bridgehead atoms. The standard InChI is InChI=1S/C12H21NO2/c14-12(15)4-3-10-5-7-13(8-6-10)9-11-1-2-11/h10-11H,1-9H2,(H,14,15). The van der Waals surface area contributed by atoms with Crippen molar-refractivity contribution in [2.45, 2.75) is 38.5 Å². The van der Waals surface area contributed by atoms with Crippen molar-refractivity contribution in [3.63, 3.8) is 0 Å². The molecule has 1 saturated carbocycles. The quantitative estimate of drug-likeness (QED) is 0.756. The van der Waals surface area contributed by atoms with Crippen molar-refractivity contribution in [1.29, 1.82) is 0 Å². The summed E-state index contributed by atoms with van der Waals surface area (Å²) in [6, 6.07) is 0. The SMILES string of the molecule is O=C(O)CCC1CCN(CC2CC2)CC1. The molecule has 2 rings (SSSR count). The summed E-state index contributed by atoms with van der Waals surface area (Å²) in [6.07, 6.45) is 6.51. The van der Waals surface area contributed by atoms with E-state index in [1.165, 1.54) is 45.3 Å². The lowest BCUT2D eigenvalue weighted by molar-refractivity contribution is -0.137. The molecule has 0 atom stereocenters. The molecule has 3 nitrogen and oxygen atoms in total. The lowest BCUT2D eigenvalue weighted by atomic mass is 9.92. The first-order valence-electron chi connectivity index (χ1n) is 6.18. The molecule has 0 aromatic heterocycles. The molecule has 1 heterocycles. The molecule has 3 heteroatoms. The van der Waals surface area contributed by atoms with E-state index in [0.29, 0.717) is 12.3 Å². The van der Waals surface area contributed by atoms with Gasteiger partial charge in [0.15, 0.2) is 0 Å². The van der Waals surface area contributed by atoms with Gasteiger partial charge in [-0.2, -0.15) is 0 Å². The fourth-order valence-electron chi connectivity index (χ4n) is 2.45. The first-order chi connectivity index (χ1) is 7.24. The van der Waals surface area contributed by atoms with Crippen molar-refractivity contribution >= 4 is 5.97 Å². The van der Waals surface area contributed by atoms with Crippen LogP contribution in [0.25, 0.3) is 0 Å². The molecule has 1 aliphatic heterocycles. The Morgan fingerprint density at radius 1 is 1.13 bits per heavy atom. The monoisotopic (exact) mass is 211 g/mol. The van der Waals surface area contributed by atoms with E-state index < -0.39 is 5.97 Å². The van der Waals surface area contributed by atoms with Crippen molar-refractivity contribution in [3.05, 3.63) is 0 Å². The first kappa shape index (κ1) is 10.9. The third kappa shape index (κ3) is 3.82. The van der Waals surface area contributed by atoms with Gasteiger partial charge in [-0.15, -0.1) is 0 Å². The number of hydrogen-bond donors (Lipinski definition) is 1. The largest absolute Gasteiger partial charge is 0.481 e. The van der Waals surface area contributed by atoms with E-state index in [4.69, 9.17) is 5.11 Å². The number of hydrogen-bond acceptors (Lipinski definition) is 2. The molecule has 0 aromatic carbocycles. The molecule has 1 N–H and O–H groups in total. The van der Waals surface area contributed by atoms with E-state index in [9.17, 15) is 4.79 Å². The van der Waals surface area contributed by atoms with E-state index in [1.807, 2.05) is 0 Å². The number of carboxylic acid groups (broad SMARTS) is 1. The van der Waals surface area contributed by atoms with E-state index in [0.717, 1.165) is 12.3 Å². The van der Waals surface area contributed by atoms with Gasteiger partial charge in [-0.05, 0) is 57.0 Å². The second-order valence-corrected chi connectivity index (χ2v) is 5.12. The molecular weight excluding hydrogens is 190 g/mol. The molecule has 15 heavy (non-hydrogen) atoms. The molecular formula is C12H21NO2. The number of nitrogens with zero attached hydrogens (tertiary/aromatic N) is 1. The van der Waals surface area contributed by atoms with Gasteiger partial charge in [-0.25, -0.2) is 0 Å². The highest BCUT2D eigenvalue weighted by Gasteiger charge is 2.26. The first-order valence-corrected chi connectivity index (χ1v) is 6.18. The molecule has 0 aromatic rings. The van der Waals surface area contributed by atoms with Crippen LogP contribution < -0.4 is 0 Å². The van der Waals surface area contributed by atoms with Crippen LogP contribution in [-0.4, -0.2) is 35.6 Å². The lowest BCUT2D eigenvalue weighted by Gasteiger charge is -2.31. The smallest absolute Gasteiger partial charge is 0.303 e. The summed E-state index contributed by atoms with van der Waals surface area (Å²) in [5.41, 5.74) is 0. The Balaban J connectivity index is 1.60. The van der Waals surface area contributed by atoms with Gasteiger partial charge in [-0.3, -0.25) is 4.79 Å². The van der Waals surface area contributed by atoms with E-state index >= 15 is 0 Å². The minimum absolute atomic E-state index is 0.354. The summed E-state index contributed by atoms with van der Waals surface area (Å²) in [5.74, 6) is 1.01. The van der Waals surface area contributed by atoms with Crippen molar-refractivity contribution in [1.82, 2.24) is 4.90 Å². The Morgan fingerprint density at radius 2 is 1.80 bits per heavy atom. The van der Waals surface area contributed by atoms with Crippen LogP contribution in [-0.2, 0) is 4.79 Å². The Kier molecular flexibility index (Phi) is 3.62. The highest BCUT2D eigenvalue weighted by molar-refractivity contribution is 5.66. The third-order valence-corrected chi connectivity index (χ3v) is 3.69. The van der Waals surface area contributed by atoms with Crippen molar-refractivity contribution in [2.75, 3.05) is 19.6 Å². The zero-order valence-corrected chi connectivity index (χ0v) is 9.32. The third-order valence-electron chi connectivity index (χ3n) is 3.69. The second-order valence-electron chi connectivity index (χ2n) is 5.12. The van der Waals surface area contributed by atoms with Gasteiger partial charge in [0.05, 0.1) is 0 Å². The van der Waals surface area contributed by atoms with Gasteiger partial charge >= 0.3 is 5.97 Å². The Morgan fingerprint density at radius 3 is 2.33 bits per heavy atom. The highest BCUT2D eigenvalue weighted by atomic mass is 16.4. The molecule has 0 unspecified atom stereocenters. The van der Waals surface area contributed by atoms with E-state index in [1.54, 1.807) is 0 Å². The minimum atomic E-state index is -0.643. The summed E-state index contributed by atoms with van der Waals surface area (Å²) in [5, 5.41) is 8.61. The van der Waals surface area contributed by atoms with Gasteiger partial charge in [0.25, 0.3) is 0 Å². The lowest BCUT2D eigenvalue weighted by Crippen LogP contribution is -2.35. The second kappa shape index (κ2) is 4.97. The Labute approximate surface area is 91.5 Å². The molecule has 0 amide bonds. The average Bonchev–Trinajstić information content (AvgIpc) is 3.01. The van der Waals surface area contributed by atoms with E-state index in [2.05, 4.69) is 4.90 Å². The Hall–Kier alpha value is -0.570. The topological polar surface area (TPSA) is 40.5 Å². The summed E-state index contributed by atoms with van der Waals surface area (Å²) in [6.45, 7) is 3.69. The fourth-order valence-corrected chi connectivity index (χ4v) is 2.45.